The van der Waals surface area contributed by atoms with Crippen molar-refractivity contribution in [1.29, 1.82) is 0 Å². The Bertz CT molecular complexity index is 601. The number of nitrogens with one attached hydrogen (secondary N) is 1. The Morgan fingerprint density at radius 2 is 1.91 bits per heavy atom. The molecule has 1 N–H and O–H groups in total. The second-order valence-corrected chi connectivity index (χ2v) is 8.36. The normalized spacial score (nSPS) is 18.3. The molecule has 7 heteroatoms. The predicted octanol–water partition coefficient (Wildman–Crippen LogP) is 2.37. The van der Waals surface area contributed by atoms with Gasteiger partial charge in [-0.1, -0.05) is 37.6 Å². The Kier molecular flexibility index (Phi) is 6.85. The Labute approximate surface area is 144 Å². The number of benzene rings is 1. The van der Waals surface area contributed by atoms with Crippen molar-refractivity contribution in [3.05, 3.63) is 29.3 Å². The average Bonchev–Trinajstić information content (AvgIpc) is 2.52. The van der Waals surface area contributed by atoms with E-state index >= 15 is 0 Å². The fraction of sp³-hybridized carbons (Fsp3) is 0.625. The van der Waals surface area contributed by atoms with E-state index in [2.05, 4.69) is 23.5 Å². The van der Waals surface area contributed by atoms with Crippen LogP contribution in [0.25, 0.3) is 0 Å². The van der Waals surface area contributed by atoms with E-state index in [0.29, 0.717) is 25.7 Å². The lowest BCUT2D eigenvalue weighted by molar-refractivity contribution is 0.0134. The smallest absolute Gasteiger partial charge is 0.242 e. The van der Waals surface area contributed by atoms with E-state index in [1.807, 2.05) is 0 Å². The van der Waals surface area contributed by atoms with Gasteiger partial charge in [-0.2, -0.15) is 0 Å². The quantitative estimate of drug-likeness (QED) is 0.811. The molecule has 1 fully saturated rings. The van der Waals surface area contributed by atoms with Gasteiger partial charge in [0.05, 0.1) is 18.2 Å². The first-order valence-corrected chi connectivity index (χ1v) is 9.82. The van der Waals surface area contributed by atoms with E-state index < -0.39 is 10.0 Å². The summed E-state index contributed by atoms with van der Waals surface area (Å²) in [6.45, 7) is 7.76. The molecule has 1 aromatic rings. The van der Waals surface area contributed by atoms with Crippen molar-refractivity contribution < 1.29 is 13.2 Å². The monoisotopic (exact) mass is 360 g/mol. The average molecular weight is 361 g/mol. The molecule has 1 saturated heterocycles. The van der Waals surface area contributed by atoms with E-state index in [1.165, 1.54) is 6.07 Å². The third-order valence-corrected chi connectivity index (χ3v) is 5.86. The first kappa shape index (κ1) is 18.7. The fourth-order valence-corrected chi connectivity index (χ4v) is 4.38. The Hall–Kier alpha value is -0.660. The van der Waals surface area contributed by atoms with Crippen LogP contribution in [-0.2, 0) is 14.8 Å². The lowest BCUT2D eigenvalue weighted by Gasteiger charge is -2.35. The molecule has 1 aromatic carbocycles. The van der Waals surface area contributed by atoms with Gasteiger partial charge in [-0.25, -0.2) is 13.1 Å². The summed E-state index contributed by atoms with van der Waals surface area (Å²) in [7, 11) is -3.60. The van der Waals surface area contributed by atoms with Gasteiger partial charge in [-0.15, -0.1) is 0 Å². The number of morpholine rings is 1. The molecular weight excluding hydrogens is 336 g/mol. The number of rotatable bonds is 7. The topological polar surface area (TPSA) is 58.6 Å². The van der Waals surface area contributed by atoms with Crippen LogP contribution in [0.5, 0.6) is 0 Å². The van der Waals surface area contributed by atoms with Crippen molar-refractivity contribution in [2.24, 2.45) is 5.92 Å². The van der Waals surface area contributed by atoms with Gasteiger partial charge in [0.25, 0.3) is 0 Å². The number of halogens is 1. The zero-order valence-corrected chi connectivity index (χ0v) is 15.2. The molecule has 1 atom stereocenters. The van der Waals surface area contributed by atoms with Gasteiger partial charge < -0.3 is 4.74 Å². The summed E-state index contributed by atoms with van der Waals surface area (Å²) in [4.78, 5) is 2.44. The second kappa shape index (κ2) is 8.44. The van der Waals surface area contributed by atoms with Gasteiger partial charge in [0, 0.05) is 25.7 Å². The third-order valence-electron chi connectivity index (χ3n) is 3.94. The number of hydrogen-bond acceptors (Lipinski definition) is 4. The van der Waals surface area contributed by atoms with E-state index in [-0.39, 0.29) is 16.0 Å². The van der Waals surface area contributed by atoms with Crippen LogP contribution in [0, 0.1) is 5.92 Å². The highest BCUT2D eigenvalue weighted by Gasteiger charge is 2.25. The first-order valence-electron chi connectivity index (χ1n) is 7.96. The molecule has 2 rings (SSSR count). The third kappa shape index (κ3) is 5.43. The minimum atomic E-state index is -3.60. The molecule has 23 heavy (non-hydrogen) atoms. The van der Waals surface area contributed by atoms with Crippen molar-refractivity contribution in [3.8, 4) is 0 Å². The molecule has 0 saturated carbocycles. The van der Waals surface area contributed by atoms with Crippen molar-refractivity contribution in [3.63, 3.8) is 0 Å². The van der Waals surface area contributed by atoms with Crippen LogP contribution in [0.4, 0.5) is 0 Å². The number of nitrogens with zero attached hydrogens (tertiary/aromatic N) is 1. The summed E-state index contributed by atoms with van der Waals surface area (Å²) in [6.07, 6.45) is 0.936. The van der Waals surface area contributed by atoms with Crippen LogP contribution < -0.4 is 4.72 Å². The minimum Gasteiger partial charge on any atom is -0.379 e. The number of ether oxygens (including phenoxy) is 1. The predicted molar refractivity (Wildman–Crippen MR) is 92.3 cm³/mol. The highest BCUT2D eigenvalue weighted by Crippen LogP contribution is 2.21. The van der Waals surface area contributed by atoms with Gasteiger partial charge in [-0.3, -0.25) is 4.90 Å². The van der Waals surface area contributed by atoms with Gasteiger partial charge in [0.1, 0.15) is 4.90 Å². The highest BCUT2D eigenvalue weighted by atomic mass is 35.5. The molecule has 1 aliphatic heterocycles. The van der Waals surface area contributed by atoms with Crippen molar-refractivity contribution in [2.75, 3.05) is 32.8 Å². The number of sulfonamides is 1. The van der Waals surface area contributed by atoms with E-state index in [4.69, 9.17) is 16.3 Å². The Morgan fingerprint density at radius 3 is 2.52 bits per heavy atom. The molecule has 0 aliphatic carbocycles. The molecular formula is C16H25ClN2O3S. The zero-order valence-electron chi connectivity index (χ0n) is 13.7. The zero-order chi connectivity index (χ0) is 16.9. The minimum absolute atomic E-state index is 0.131. The Balaban J connectivity index is 2.06. The van der Waals surface area contributed by atoms with Gasteiger partial charge in [-0.05, 0) is 24.5 Å². The molecule has 130 valence electrons. The standard InChI is InChI=1S/C16H25ClN2O3S/c1-13(2)11-14(19-7-9-22-10-8-19)12-18-23(20,21)16-6-4-3-5-15(16)17/h3-6,13-14,18H,7-12H2,1-2H3. The number of hydrogen-bond donors (Lipinski definition) is 1. The van der Waals surface area contributed by atoms with Gasteiger partial charge >= 0.3 is 0 Å². The summed E-state index contributed by atoms with van der Waals surface area (Å²) in [5, 5.41) is 0.242. The first-order chi connectivity index (χ1) is 10.9. The van der Waals surface area contributed by atoms with Crippen molar-refractivity contribution in [2.45, 2.75) is 31.2 Å². The SMILES string of the molecule is CC(C)CC(CNS(=O)(=O)c1ccccc1Cl)N1CCOCC1. The molecule has 5 nitrogen and oxygen atoms in total. The molecule has 0 amide bonds. The van der Waals surface area contributed by atoms with E-state index in [1.54, 1.807) is 18.2 Å². The molecule has 0 radical (unpaired) electrons. The largest absolute Gasteiger partial charge is 0.379 e. The van der Waals surface area contributed by atoms with Crippen LogP contribution >= 0.6 is 11.6 Å². The van der Waals surface area contributed by atoms with Crippen LogP contribution in [0.3, 0.4) is 0 Å². The van der Waals surface area contributed by atoms with Gasteiger partial charge in [0.15, 0.2) is 0 Å². The molecule has 1 unspecified atom stereocenters. The summed E-state index contributed by atoms with van der Waals surface area (Å²) in [5.41, 5.74) is 0. The van der Waals surface area contributed by atoms with Crippen molar-refractivity contribution >= 4 is 21.6 Å². The molecule has 1 heterocycles. The molecule has 1 aliphatic rings. The van der Waals surface area contributed by atoms with E-state index in [9.17, 15) is 8.42 Å². The molecule has 0 aromatic heterocycles. The van der Waals surface area contributed by atoms with Crippen LogP contribution in [0.15, 0.2) is 29.2 Å². The van der Waals surface area contributed by atoms with E-state index in [0.717, 1.165) is 19.5 Å². The van der Waals surface area contributed by atoms with Crippen molar-refractivity contribution in [1.82, 2.24) is 9.62 Å². The maximum atomic E-state index is 12.5. The maximum absolute atomic E-state index is 12.5. The maximum Gasteiger partial charge on any atom is 0.242 e. The summed E-state index contributed by atoms with van der Waals surface area (Å²) >= 11 is 6.01. The van der Waals surface area contributed by atoms with Crippen LogP contribution in [0.1, 0.15) is 20.3 Å². The summed E-state index contributed by atoms with van der Waals surface area (Å²) < 4.78 is 33.1. The lowest BCUT2D eigenvalue weighted by atomic mass is 10.0. The Morgan fingerprint density at radius 1 is 1.26 bits per heavy atom. The lowest BCUT2D eigenvalue weighted by Crippen LogP contribution is -2.49. The van der Waals surface area contributed by atoms with Crippen LogP contribution in [0.2, 0.25) is 5.02 Å². The fourth-order valence-electron chi connectivity index (χ4n) is 2.79. The summed E-state index contributed by atoms with van der Waals surface area (Å²) in [6, 6.07) is 6.67. The molecule has 0 bridgehead atoms. The second-order valence-electron chi connectivity index (χ2n) is 6.21. The summed E-state index contributed by atoms with van der Waals surface area (Å²) in [5.74, 6) is 0.493. The van der Waals surface area contributed by atoms with Crippen LogP contribution in [-0.4, -0.2) is 52.2 Å². The van der Waals surface area contributed by atoms with Gasteiger partial charge in [0.2, 0.25) is 10.0 Å². The molecule has 0 spiro atoms. The highest BCUT2D eigenvalue weighted by molar-refractivity contribution is 7.89.